The molecule has 1 heterocycles. The van der Waals surface area contributed by atoms with Gasteiger partial charge in [-0.05, 0) is 24.6 Å². The predicted molar refractivity (Wildman–Crippen MR) is 76.4 cm³/mol. The van der Waals surface area contributed by atoms with Crippen LogP contribution in [0.2, 0.25) is 0 Å². The maximum absolute atomic E-state index is 9.09. The molecule has 2 rings (SSSR count). The number of hydrogen-bond acceptors (Lipinski definition) is 4. The molecule has 102 valence electrons. The fraction of sp³-hybridized carbons (Fsp3) is 0.533. The topological polar surface area (TPSA) is 39.5 Å². The molecule has 4 heteroatoms. The van der Waals surface area contributed by atoms with Gasteiger partial charge in [0.25, 0.3) is 0 Å². The first-order chi connectivity index (χ1) is 9.26. The first-order valence-corrected chi connectivity index (χ1v) is 6.72. The van der Waals surface area contributed by atoms with Gasteiger partial charge in [0.2, 0.25) is 0 Å². The number of anilines is 1. The fourth-order valence-corrected chi connectivity index (χ4v) is 2.52. The molecule has 1 aliphatic rings. The second kappa shape index (κ2) is 6.55. The maximum Gasteiger partial charge on any atom is 0.0995 e. The molecule has 1 fully saturated rings. The van der Waals surface area contributed by atoms with Crippen molar-refractivity contribution in [1.82, 2.24) is 4.90 Å². The van der Waals surface area contributed by atoms with Gasteiger partial charge >= 0.3 is 0 Å². The molecule has 4 nitrogen and oxygen atoms in total. The van der Waals surface area contributed by atoms with Gasteiger partial charge in [0.05, 0.1) is 18.2 Å². The first kappa shape index (κ1) is 13.9. The van der Waals surface area contributed by atoms with Crippen molar-refractivity contribution in [1.29, 1.82) is 5.26 Å². The number of nitriles is 1. The zero-order valence-corrected chi connectivity index (χ0v) is 11.7. The molecule has 1 aromatic rings. The van der Waals surface area contributed by atoms with Crippen molar-refractivity contribution in [3.05, 3.63) is 29.3 Å². The maximum atomic E-state index is 9.09. The van der Waals surface area contributed by atoms with Crippen molar-refractivity contribution in [2.45, 2.75) is 6.92 Å². The lowest BCUT2D eigenvalue weighted by atomic mass is 10.1. The Labute approximate surface area is 115 Å². The van der Waals surface area contributed by atoms with Crippen LogP contribution in [0, 0.1) is 18.3 Å². The van der Waals surface area contributed by atoms with Gasteiger partial charge < -0.3 is 9.64 Å². The number of piperazine rings is 1. The van der Waals surface area contributed by atoms with Crippen LogP contribution < -0.4 is 4.90 Å². The summed E-state index contributed by atoms with van der Waals surface area (Å²) in [4.78, 5) is 4.79. The Morgan fingerprint density at radius 3 is 2.63 bits per heavy atom. The second-order valence-corrected chi connectivity index (χ2v) is 4.88. The lowest BCUT2D eigenvalue weighted by Gasteiger charge is -2.36. The van der Waals surface area contributed by atoms with E-state index in [0.717, 1.165) is 50.5 Å². The zero-order valence-electron chi connectivity index (χ0n) is 11.7. The molecular formula is C15H21N3O. The molecule has 0 saturated carbocycles. The van der Waals surface area contributed by atoms with E-state index in [0.29, 0.717) is 0 Å². The third kappa shape index (κ3) is 3.25. The van der Waals surface area contributed by atoms with Crippen molar-refractivity contribution >= 4 is 5.69 Å². The van der Waals surface area contributed by atoms with Crippen molar-refractivity contribution in [3.8, 4) is 6.07 Å². The van der Waals surface area contributed by atoms with Gasteiger partial charge in [0.1, 0.15) is 0 Å². The largest absolute Gasteiger partial charge is 0.383 e. The summed E-state index contributed by atoms with van der Waals surface area (Å²) >= 11 is 0. The molecular weight excluding hydrogens is 238 g/mol. The number of methoxy groups -OCH3 is 1. The molecule has 0 unspecified atom stereocenters. The normalized spacial score (nSPS) is 16.4. The van der Waals surface area contributed by atoms with Crippen LogP contribution in [0.25, 0.3) is 0 Å². The van der Waals surface area contributed by atoms with Crippen LogP contribution in [0.3, 0.4) is 0 Å². The summed E-state index contributed by atoms with van der Waals surface area (Å²) in [5.41, 5.74) is 3.07. The second-order valence-electron chi connectivity index (χ2n) is 4.88. The van der Waals surface area contributed by atoms with E-state index in [2.05, 4.69) is 21.9 Å². The van der Waals surface area contributed by atoms with Crippen molar-refractivity contribution < 1.29 is 4.74 Å². The van der Waals surface area contributed by atoms with Crippen LogP contribution in [-0.2, 0) is 4.74 Å². The van der Waals surface area contributed by atoms with Crippen molar-refractivity contribution in [3.63, 3.8) is 0 Å². The highest BCUT2D eigenvalue weighted by molar-refractivity contribution is 5.59. The third-order valence-electron chi connectivity index (χ3n) is 3.75. The fourth-order valence-electron chi connectivity index (χ4n) is 2.52. The Morgan fingerprint density at radius 1 is 1.26 bits per heavy atom. The van der Waals surface area contributed by atoms with E-state index in [1.54, 1.807) is 7.11 Å². The minimum atomic E-state index is 0.777. The van der Waals surface area contributed by atoms with Crippen LogP contribution in [0.4, 0.5) is 5.69 Å². The molecule has 0 bridgehead atoms. The number of benzene rings is 1. The lowest BCUT2D eigenvalue weighted by molar-refractivity contribution is 0.144. The van der Waals surface area contributed by atoms with Crippen molar-refractivity contribution in [2.75, 3.05) is 51.3 Å². The minimum absolute atomic E-state index is 0.777. The standard InChI is InChI=1S/C15H21N3O/c1-13-14(12-16)4-3-5-15(13)18-8-6-17(7-9-18)10-11-19-2/h3-5H,6-11H2,1-2H3. The Balaban J connectivity index is 2.00. The average Bonchev–Trinajstić information content (AvgIpc) is 2.46. The van der Waals surface area contributed by atoms with Crippen LogP contribution >= 0.6 is 0 Å². The molecule has 0 spiro atoms. The van der Waals surface area contributed by atoms with Gasteiger partial charge in [-0.3, -0.25) is 4.90 Å². The molecule has 0 aromatic heterocycles. The van der Waals surface area contributed by atoms with Crippen LogP contribution in [-0.4, -0.2) is 51.3 Å². The summed E-state index contributed by atoms with van der Waals surface area (Å²) in [7, 11) is 1.74. The monoisotopic (exact) mass is 259 g/mol. The summed E-state index contributed by atoms with van der Waals surface area (Å²) in [5, 5.41) is 9.09. The number of ether oxygens (including phenoxy) is 1. The van der Waals surface area contributed by atoms with E-state index in [9.17, 15) is 0 Å². The van der Waals surface area contributed by atoms with Gasteiger partial charge in [-0.25, -0.2) is 0 Å². The molecule has 19 heavy (non-hydrogen) atoms. The molecule has 0 amide bonds. The number of hydrogen-bond donors (Lipinski definition) is 0. The van der Waals surface area contributed by atoms with Crippen LogP contribution in [0.15, 0.2) is 18.2 Å². The van der Waals surface area contributed by atoms with Crippen LogP contribution in [0.5, 0.6) is 0 Å². The highest BCUT2D eigenvalue weighted by Crippen LogP contribution is 2.23. The summed E-state index contributed by atoms with van der Waals surface area (Å²) in [6.45, 7) is 7.97. The molecule has 1 aromatic carbocycles. The molecule has 1 saturated heterocycles. The molecule has 1 aliphatic heterocycles. The Morgan fingerprint density at radius 2 is 2.00 bits per heavy atom. The highest BCUT2D eigenvalue weighted by Gasteiger charge is 2.18. The van der Waals surface area contributed by atoms with Crippen molar-refractivity contribution in [2.24, 2.45) is 0 Å². The van der Waals surface area contributed by atoms with E-state index >= 15 is 0 Å². The van der Waals surface area contributed by atoms with Gasteiger partial charge in [-0.15, -0.1) is 0 Å². The minimum Gasteiger partial charge on any atom is -0.383 e. The third-order valence-corrected chi connectivity index (χ3v) is 3.75. The van der Waals surface area contributed by atoms with E-state index in [4.69, 9.17) is 10.00 Å². The lowest BCUT2D eigenvalue weighted by Crippen LogP contribution is -2.47. The van der Waals surface area contributed by atoms with E-state index < -0.39 is 0 Å². The van der Waals surface area contributed by atoms with Crippen LogP contribution in [0.1, 0.15) is 11.1 Å². The molecule has 0 atom stereocenters. The smallest absolute Gasteiger partial charge is 0.0995 e. The summed E-state index contributed by atoms with van der Waals surface area (Å²) in [6, 6.07) is 8.22. The quantitative estimate of drug-likeness (QED) is 0.824. The van der Waals surface area contributed by atoms with E-state index in [1.807, 2.05) is 19.1 Å². The number of nitrogens with zero attached hydrogens (tertiary/aromatic N) is 3. The van der Waals surface area contributed by atoms with Gasteiger partial charge in [0, 0.05) is 45.5 Å². The Hall–Kier alpha value is -1.57. The molecule has 0 radical (unpaired) electrons. The average molecular weight is 259 g/mol. The Bertz CT molecular complexity index is 459. The number of rotatable bonds is 4. The highest BCUT2D eigenvalue weighted by atomic mass is 16.5. The summed E-state index contributed by atoms with van der Waals surface area (Å²) < 4.78 is 5.11. The van der Waals surface area contributed by atoms with E-state index in [-0.39, 0.29) is 0 Å². The molecule has 0 aliphatic carbocycles. The van der Waals surface area contributed by atoms with Gasteiger partial charge in [-0.1, -0.05) is 6.07 Å². The summed E-state index contributed by atoms with van der Waals surface area (Å²) in [5.74, 6) is 0. The predicted octanol–water partition coefficient (Wildman–Crippen LogP) is 1.64. The van der Waals surface area contributed by atoms with E-state index in [1.165, 1.54) is 5.69 Å². The Kier molecular flexibility index (Phi) is 4.78. The first-order valence-electron chi connectivity index (χ1n) is 6.72. The SMILES string of the molecule is COCCN1CCN(c2cccc(C#N)c2C)CC1. The zero-order chi connectivity index (χ0) is 13.7. The summed E-state index contributed by atoms with van der Waals surface area (Å²) in [6.07, 6.45) is 0. The van der Waals surface area contributed by atoms with Gasteiger partial charge in [-0.2, -0.15) is 5.26 Å². The molecule has 0 N–H and O–H groups in total. The van der Waals surface area contributed by atoms with Gasteiger partial charge in [0.15, 0.2) is 0 Å².